The van der Waals surface area contributed by atoms with Crippen LogP contribution in [0.15, 0.2) is 76.2 Å². The van der Waals surface area contributed by atoms with Crippen LogP contribution in [0.2, 0.25) is 0 Å². The highest BCUT2D eigenvalue weighted by Crippen LogP contribution is 2.23. The van der Waals surface area contributed by atoms with Gasteiger partial charge in [0.15, 0.2) is 5.76 Å². The van der Waals surface area contributed by atoms with Crippen LogP contribution in [0.3, 0.4) is 0 Å². The third-order valence-corrected chi connectivity index (χ3v) is 5.51. The van der Waals surface area contributed by atoms with Crippen molar-refractivity contribution < 1.29 is 23.6 Å². The fourth-order valence-electron chi connectivity index (χ4n) is 3.75. The lowest BCUT2D eigenvalue weighted by molar-refractivity contribution is -0.384. The fourth-order valence-corrected chi connectivity index (χ4v) is 3.75. The number of aryl methyl sites for hydroxylation is 2. The molecule has 4 rings (SSSR count). The first-order valence-electron chi connectivity index (χ1n) is 11.6. The maximum atomic E-state index is 12.4. The summed E-state index contributed by atoms with van der Waals surface area (Å²) in [6.45, 7) is 6.42. The van der Waals surface area contributed by atoms with Gasteiger partial charge in [0.2, 0.25) is 0 Å². The van der Waals surface area contributed by atoms with Gasteiger partial charge < -0.3 is 18.5 Å². The zero-order chi connectivity index (χ0) is 26.4. The predicted molar refractivity (Wildman–Crippen MR) is 138 cm³/mol. The van der Waals surface area contributed by atoms with Crippen molar-refractivity contribution in [3.63, 3.8) is 0 Å². The van der Waals surface area contributed by atoms with E-state index in [2.05, 4.69) is 41.1 Å². The maximum Gasteiger partial charge on any atom is 0.307 e. The van der Waals surface area contributed by atoms with E-state index < -0.39 is 10.8 Å². The highest BCUT2D eigenvalue weighted by molar-refractivity contribution is 5.93. The number of ether oxygens (including phenoxy) is 2. The quantitative estimate of drug-likeness (QED) is 0.178. The summed E-state index contributed by atoms with van der Waals surface area (Å²) >= 11 is 0. The lowest BCUT2D eigenvalue weighted by Crippen LogP contribution is -2.17. The molecule has 4 aromatic rings. The molecule has 190 valence electrons. The van der Waals surface area contributed by atoms with Gasteiger partial charge in [0, 0.05) is 34.8 Å². The molecular formula is C27H26N4O6. The van der Waals surface area contributed by atoms with E-state index in [1.165, 1.54) is 30.5 Å². The number of carbonyl (C=O) groups excluding carboxylic acids is 1. The molecule has 0 aliphatic rings. The minimum Gasteiger partial charge on any atom is -0.493 e. The minimum atomic E-state index is -0.576. The fraction of sp³-hybridized carbons (Fsp3) is 0.185. The second-order valence-electron chi connectivity index (χ2n) is 8.11. The van der Waals surface area contributed by atoms with Crippen LogP contribution in [0.25, 0.3) is 5.69 Å². The summed E-state index contributed by atoms with van der Waals surface area (Å²) in [6, 6.07) is 19.2. The van der Waals surface area contributed by atoms with E-state index in [0.717, 1.165) is 17.1 Å². The minimum absolute atomic E-state index is 0.0498. The van der Waals surface area contributed by atoms with E-state index in [0.29, 0.717) is 29.4 Å². The van der Waals surface area contributed by atoms with E-state index in [4.69, 9.17) is 13.9 Å². The molecule has 0 bridgehead atoms. The Morgan fingerprint density at radius 1 is 1.05 bits per heavy atom. The molecule has 1 N–H and O–H groups in total. The summed E-state index contributed by atoms with van der Waals surface area (Å²) < 4.78 is 19.0. The molecule has 0 atom stereocenters. The smallest absolute Gasteiger partial charge is 0.307 e. The first-order valence-corrected chi connectivity index (χ1v) is 11.6. The van der Waals surface area contributed by atoms with E-state index in [9.17, 15) is 14.9 Å². The molecule has 0 aliphatic carbocycles. The third kappa shape index (κ3) is 6.04. The van der Waals surface area contributed by atoms with Crippen LogP contribution in [-0.2, 0) is 6.61 Å². The van der Waals surface area contributed by atoms with Crippen molar-refractivity contribution in [3.05, 3.63) is 105 Å². The number of benzene rings is 2. The molecule has 10 heteroatoms. The maximum absolute atomic E-state index is 12.4. The number of nitro benzene ring substituents is 1. The van der Waals surface area contributed by atoms with Crippen LogP contribution in [-0.4, -0.2) is 28.2 Å². The Labute approximate surface area is 213 Å². The Balaban J connectivity index is 1.34. The Hall–Kier alpha value is -4.86. The standard InChI is InChI=1S/C27H26N4O6/c1-4-35-25-13-9-22(31(33)34)15-20(25)16-28-29-27(32)26-14-12-24(37-26)17-36-23-10-7-21(8-11-23)30-18(2)5-6-19(30)3/h5-16H,4,17H2,1-3H3,(H,29,32)/b28-16+. The van der Waals surface area contributed by atoms with Gasteiger partial charge in [-0.05, 0) is 75.4 Å². The van der Waals surface area contributed by atoms with E-state index in [1.54, 1.807) is 13.0 Å². The van der Waals surface area contributed by atoms with Crippen molar-refractivity contribution in [2.45, 2.75) is 27.4 Å². The summed E-state index contributed by atoms with van der Waals surface area (Å²) in [4.78, 5) is 22.9. The van der Waals surface area contributed by atoms with Crippen LogP contribution in [0.1, 0.15) is 40.2 Å². The number of nitrogens with one attached hydrogen (secondary N) is 1. The first kappa shape index (κ1) is 25.2. The van der Waals surface area contributed by atoms with Crippen molar-refractivity contribution in [2.75, 3.05) is 6.61 Å². The number of furan rings is 1. The van der Waals surface area contributed by atoms with Crippen molar-refractivity contribution >= 4 is 17.8 Å². The summed E-state index contributed by atoms with van der Waals surface area (Å²) in [7, 11) is 0. The normalized spacial score (nSPS) is 11.0. The lowest BCUT2D eigenvalue weighted by atomic mass is 10.2. The molecule has 0 radical (unpaired) electrons. The van der Waals surface area contributed by atoms with E-state index >= 15 is 0 Å². The summed E-state index contributed by atoms with van der Waals surface area (Å²) in [5, 5.41) is 14.9. The summed E-state index contributed by atoms with van der Waals surface area (Å²) in [6.07, 6.45) is 1.28. The van der Waals surface area contributed by atoms with Crippen molar-refractivity contribution in [1.82, 2.24) is 9.99 Å². The topological polar surface area (TPSA) is 121 Å². The Kier molecular flexibility index (Phi) is 7.68. The number of rotatable bonds is 10. The SMILES string of the molecule is CCOc1ccc([N+](=O)[O-])cc1/C=N/NC(=O)c1ccc(COc2ccc(-n3c(C)ccc3C)cc2)o1. The molecule has 37 heavy (non-hydrogen) atoms. The van der Waals surface area contributed by atoms with Crippen molar-refractivity contribution in [1.29, 1.82) is 0 Å². The van der Waals surface area contributed by atoms with Crippen LogP contribution < -0.4 is 14.9 Å². The number of nitro groups is 1. The van der Waals surface area contributed by atoms with Gasteiger partial charge in [-0.25, -0.2) is 5.43 Å². The van der Waals surface area contributed by atoms with Crippen LogP contribution in [0.5, 0.6) is 11.5 Å². The lowest BCUT2D eigenvalue weighted by Gasteiger charge is -2.10. The highest BCUT2D eigenvalue weighted by atomic mass is 16.6. The van der Waals surface area contributed by atoms with Crippen LogP contribution >= 0.6 is 0 Å². The van der Waals surface area contributed by atoms with E-state index in [-0.39, 0.29) is 18.1 Å². The van der Waals surface area contributed by atoms with Gasteiger partial charge in [0.1, 0.15) is 23.9 Å². The van der Waals surface area contributed by atoms with Gasteiger partial charge in [0.25, 0.3) is 5.69 Å². The van der Waals surface area contributed by atoms with Gasteiger partial charge in [-0.1, -0.05) is 0 Å². The average Bonchev–Trinajstić information content (AvgIpc) is 3.50. The molecule has 0 aliphatic heterocycles. The molecule has 1 amide bonds. The molecule has 2 aromatic carbocycles. The van der Waals surface area contributed by atoms with Crippen molar-refractivity contribution in [2.24, 2.45) is 5.10 Å². The molecule has 0 saturated carbocycles. The molecule has 0 unspecified atom stereocenters. The number of hydrogen-bond acceptors (Lipinski definition) is 7. The molecule has 0 saturated heterocycles. The van der Waals surface area contributed by atoms with Gasteiger partial charge in [-0.3, -0.25) is 14.9 Å². The number of aromatic nitrogens is 1. The third-order valence-electron chi connectivity index (χ3n) is 5.51. The van der Waals surface area contributed by atoms with Crippen molar-refractivity contribution in [3.8, 4) is 17.2 Å². The first-order chi connectivity index (χ1) is 17.9. The Bertz CT molecular complexity index is 1420. The molecule has 0 fully saturated rings. The number of carbonyl (C=O) groups is 1. The van der Waals surface area contributed by atoms with E-state index in [1.807, 2.05) is 24.3 Å². The summed E-state index contributed by atoms with van der Waals surface area (Å²) in [5.74, 6) is 1.02. The van der Waals surface area contributed by atoms with Crippen LogP contribution in [0, 0.1) is 24.0 Å². The molecule has 2 aromatic heterocycles. The highest BCUT2D eigenvalue weighted by Gasteiger charge is 2.13. The number of hydrazone groups is 1. The Morgan fingerprint density at radius 3 is 2.46 bits per heavy atom. The monoisotopic (exact) mass is 502 g/mol. The zero-order valence-electron chi connectivity index (χ0n) is 20.6. The predicted octanol–water partition coefficient (Wildman–Crippen LogP) is 5.34. The molecule has 10 nitrogen and oxygen atoms in total. The number of non-ortho nitro benzene ring substituents is 1. The average molecular weight is 503 g/mol. The number of hydrogen-bond donors (Lipinski definition) is 1. The second-order valence-corrected chi connectivity index (χ2v) is 8.11. The molecule has 2 heterocycles. The van der Waals surface area contributed by atoms with Gasteiger partial charge in [0.05, 0.1) is 17.7 Å². The Morgan fingerprint density at radius 2 is 1.78 bits per heavy atom. The number of nitrogens with zero attached hydrogens (tertiary/aromatic N) is 3. The summed E-state index contributed by atoms with van der Waals surface area (Å²) in [5.41, 5.74) is 5.94. The van der Waals surface area contributed by atoms with Gasteiger partial charge >= 0.3 is 5.91 Å². The largest absolute Gasteiger partial charge is 0.493 e. The second kappa shape index (κ2) is 11.3. The van der Waals surface area contributed by atoms with Gasteiger partial charge in [-0.2, -0.15) is 5.10 Å². The zero-order valence-corrected chi connectivity index (χ0v) is 20.6. The molecule has 0 spiro atoms. The van der Waals surface area contributed by atoms with Crippen LogP contribution in [0.4, 0.5) is 5.69 Å². The molecular weight excluding hydrogens is 476 g/mol. The van der Waals surface area contributed by atoms with Gasteiger partial charge in [-0.15, -0.1) is 0 Å². The number of amides is 1.